The predicted molar refractivity (Wildman–Crippen MR) is 77.1 cm³/mol. The molecule has 2 nitrogen and oxygen atoms in total. The monoisotopic (exact) mass is 245 g/mol. The van der Waals surface area contributed by atoms with E-state index in [0.717, 1.165) is 24.3 Å². The normalized spacial score (nSPS) is 13.2. The van der Waals surface area contributed by atoms with Crippen LogP contribution in [0.2, 0.25) is 0 Å². The van der Waals surface area contributed by atoms with Crippen molar-refractivity contribution >= 4 is 11.0 Å². The van der Waals surface area contributed by atoms with Crippen LogP contribution >= 0.6 is 0 Å². The lowest BCUT2D eigenvalue weighted by Gasteiger charge is -2.12. The first-order chi connectivity index (χ1) is 8.58. The molecule has 0 amide bonds. The van der Waals surface area contributed by atoms with Gasteiger partial charge in [-0.15, -0.1) is 0 Å². The number of benzene rings is 1. The molecule has 0 fully saturated rings. The molecular formula is C16H23NO. The molecule has 2 aromatic rings. The summed E-state index contributed by atoms with van der Waals surface area (Å²) in [6, 6.07) is 4.76. The molecule has 1 aromatic heterocycles. The quantitative estimate of drug-likeness (QED) is 0.862. The molecule has 98 valence electrons. The zero-order valence-corrected chi connectivity index (χ0v) is 12.1. The van der Waals surface area contributed by atoms with Crippen LogP contribution in [0, 0.1) is 20.8 Å². The highest BCUT2D eigenvalue weighted by molar-refractivity contribution is 5.85. The van der Waals surface area contributed by atoms with Gasteiger partial charge < -0.3 is 9.73 Å². The largest absolute Gasteiger partial charge is 0.459 e. The highest BCUT2D eigenvalue weighted by Gasteiger charge is 2.16. The molecule has 0 aliphatic carbocycles. The molecule has 18 heavy (non-hydrogen) atoms. The summed E-state index contributed by atoms with van der Waals surface area (Å²) < 4.78 is 6.10. The smallest absolute Gasteiger partial charge is 0.137 e. The average molecular weight is 245 g/mol. The summed E-state index contributed by atoms with van der Waals surface area (Å²) in [7, 11) is 0. The molecule has 1 N–H and O–H groups in total. The predicted octanol–water partition coefficient (Wildman–Crippen LogP) is 4.42. The van der Waals surface area contributed by atoms with Gasteiger partial charge >= 0.3 is 0 Å². The standard InChI is InChI=1S/C16H23NO/c1-6-14(17-7-2)15-9-13-11(4)8-10(3)12(5)16(13)18-15/h8-9,14,17H,6-7H2,1-5H3. The SMILES string of the molecule is CCNC(CC)c1cc2c(C)cc(C)c(C)c2o1. The fraction of sp³-hybridized carbons (Fsp3) is 0.500. The fourth-order valence-electron chi connectivity index (χ4n) is 2.54. The Kier molecular flexibility index (Phi) is 3.76. The lowest BCUT2D eigenvalue weighted by molar-refractivity contribution is 0.427. The van der Waals surface area contributed by atoms with E-state index in [0.29, 0.717) is 6.04 Å². The Hall–Kier alpha value is -1.28. The number of nitrogens with one attached hydrogen (secondary N) is 1. The second-order valence-electron chi connectivity index (χ2n) is 5.05. The van der Waals surface area contributed by atoms with Crippen LogP contribution in [-0.4, -0.2) is 6.54 Å². The van der Waals surface area contributed by atoms with E-state index in [1.54, 1.807) is 0 Å². The Labute approximate surface area is 109 Å². The van der Waals surface area contributed by atoms with E-state index in [4.69, 9.17) is 4.42 Å². The molecule has 1 heterocycles. The first kappa shape index (κ1) is 13.2. The van der Waals surface area contributed by atoms with Crippen molar-refractivity contribution < 1.29 is 4.42 Å². The Morgan fingerprint density at radius 1 is 1.11 bits per heavy atom. The number of fused-ring (bicyclic) bond motifs is 1. The maximum atomic E-state index is 6.10. The molecule has 0 saturated heterocycles. The van der Waals surface area contributed by atoms with Crippen molar-refractivity contribution in [3.63, 3.8) is 0 Å². The van der Waals surface area contributed by atoms with Crippen LogP contribution in [0.3, 0.4) is 0 Å². The Morgan fingerprint density at radius 3 is 2.44 bits per heavy atom. The molecule has 0 aliphatic rings. The van der Waals surface area contributed by atoms with E-state index >= 15 is 0 Å². The molecule has 1 aromatic carbocycles. The Bertz CT molecular complexity index is 554. The molecule has 0 spiro atoms. The lowest BCUT2D eigenvalue weighted by atomic mass is 10.0. The van der Waals surface area contributed by atoms with E-state index in [1.165, 1.54) is 22.1 Å². The van der Waals surface area contributed by atoms with Crippen molar-refractivity contribution in [1.82, 2.24) is 5.32 Å². The van der Waals surface area contributed by atoms with Crippen molar-refractivity contribution in [2.24, 2.45) is 0 Å². The van der Waals surface area contributed by atoms with Crippen molar-refractivity contribution in [3.8, 4) is 0 Å². The van der Waals surface area contributed by atoms with Gasteiger partial charge in [0.25, 0.3) is 0 Å². The number of rotatable bonds is 4. The van der Waals surface area contributed by atoms with Gasteiger partial charge in [-0.3, -0.25) is 0 Å². The van der Waals surface area contributed by atoms with E-state index in [9.17, 15) is 0 Å². The molecule has 1 atom stereocenters. The average Bonchev–Trinajstić information content (AvgIpc) is 2.78. The molecule has 2 rings (SSSR count). The second-order valence-corrected chi connectivity index (χ2v) is 5.05. The first-order valence-corrected chi connectivity index (χ1v) is 6.82. The summed E-state index contributed by atoms with van der Waals surface area (Å²) >= 11 is 0. The van der Waals surface area contributed by atoms with Crippen molar-refractivity contribution in [1.29, 1.82) is 0 Å². The molecule has 0 saturated carbocycles. The lowest BCUT2D eigenvalue weighted by Crippen LogP contribution is -2.19. The van der Waals surface area contributed by atoms with Gasteiger partial charge in [-0.2, -0.15) is 0 Å². The summed E-state index contributed by atoms with van der Waals surface area (Å²) in [5.74, 6) is 1.06. The van der Waals surface area contributed by atoms with E-state index < -0.39 is 0 Å². The highest BCUT2D eigenvalue weighted by Crippen LogP contribution is 2.31. The third kappa shape index (κ3) is 2.17. The van der Waals surface area contributed by atoms with Crippen molar-refractivity contribution in [2.45, 2.75) is 47.1 Å². The van der Waals surface area contributed by atoms with Gasteiger partial charge in [0.2, 0.25) is 0 Å². The maximum Gasteiger partial charge on any atom is 0.137 e. The number of hydrogen-bond donors (Lipinski definition) is 1. The number of aryl methyl sites for hydroxylation is 3. The van der Waals surface area contributed by atoms with Crippen LogP contribution in [-0.2, 0) is 0 Å². The van der Waals surface area contributed by atoms with Crippen LogP contribution in [0.4, 0.5) is 0 Å². The molecule has 1 unspecified atom stereocenters. The van der Waals surface area contributed by atoms with Crippen molar-refractivity contribution in [3.05, 3.63) is 34.6 Å². The zero-order valence-electron chi connectivity index (χ0n) is 12.1. The minimum atomic E-state index is 0.321. The fourth-order valence-corrected chi connectivity index (χ4v) is 2.54. The molecule has 0 bridgehead atoms. The first-order valence-electron chi connectivity index (χ1n) is 6.82. The van der Waals surface area contributed by atoms with Gasteiger partial charge in [0, 0.05) is 5.39 Å². The Morgan fingerprint density at radius 2 is 1.83 bits per heavy atom. The minimum Gasteiger partial charge on any atom is -0.459 e. The summed E-state index contributed by atoms with van der Waals surface area (Å²) in [5.41, 5.74) is 4.92. The zero-order chi connectivity index (χ0) is 13.3. The molecule has 0 aliphatic heterocycles. The van der Waals surface area contributed by atoms with Gasteiger partial charge in [-0.25, -0.2) is 0 Å². The van der Waals surface area contributed by atoms with Crippen LogP contribution in [0.1, 0.15) is 48.8 Å². The summed E-state index contributed by atoms with van der Waals surface area (Å²) in [6.07, 6.45) is 1.05. The van der Waals surface area contributed by atoms with Gasteiger partial charge in [0.15, 0.2) is 0 Å². The Balaban J connectivity index is 2.56. The topological polar surface area (TPSA) is 25.2 Å². The van der Waals surface area contributed by atoms with E-state index in [2.05, 4.69) is 52.1 Å². The van der Waals surface area contributed by atoms with Crippen LogP contribution in [0.5, 0.6) is 0 Å². The van der Waals surface area contributed by atoms with Crippen LogP contribution < -0.4 is 5.32 Å². The summed E-state index contributed by atoms with van der Waals surface area (Å²) in [4.78, 5) is 0. The third-order valence-corrected chi connectivity index (χ3v) is 3.74. The molecule has 0 radical (unpaired) electrons. The number of hydrogen-bond acceptors (Lipinski definition) is 2. The van der Waals surface area contributed by atoms with Gasteiger partial charge in [-0.05, 0) is 56.5 Å². The summed E-state index contributed by atoms with van der Waals surface area (Å²) in [5, 5.41) is 4.72. The van der Waals surface area contributed by atoms with Crippen LogP contribution in [0.15, 0.2) is 16.5 Å². The second kappa shape index (κ2) is 5.15. The van der Waals surface area contributed by atoms with Gasteiger partial charge in [0.1, 0.15) is 11.3 Å². The van der Waals surface area contributed by atoms with Crippen LogP contribution in [0.25, 0.3) is 11.0 Å². The summed E-state index contributed by atoms with van der Waals surface area (Å²) in [6.45, 7) is 11.7. The maximum absolute atomic E-state index is 6.10. The van der Waals surface area contributed by atoms with E-state index in [1.807, 2.05) is 0 Å². The molecule has 2 heteroatoms. The van der Waals surface area contributed by atoms with Gasteiger partial charge in [-0.1, -0.05) is 19.9 Å². The molecular weight excluding hydrogens is 222 g/mol. The third-order valence-electron chi connectivity index (χ3n) is 3.74. The van der Waals surface area contributed by atoms with E-state index in [-0.39, 0.29) is 0 Å². The highest BCUT2D eigenvalue weighted by atomic mass is 16.3. The minimum absolute atomic E-state index is 0.321. The number of furan rings is 1. The van der Waals surface area contributed by atoms with Gasteiger partial charge in [0.05, 0.1) is 6.04 Å². The van der Waals surface area contributed by atoms with Crippen molar-refractivity contribution in [2.75, 3.05) is 6.54 Å².